The van der Waals surface area contributed by atoms with Gasteiger partial charge in [-0.15, -0.1) is 0 Å². The molecular weight excluding hydrogens is 250 g/mol. The molecule has 0 radical (unpaired) electrons. The van der Waals surface area contributed by atoms with Crippen LogP contribution in [-0.4, -0.2) is 11.1 Å². The fraction of sp³-hybridized carbons (Fsp3) is 0.533. The lowest BCUT2D eigenvalue weighted by molar-refractivity contribution is -0.143. The SMILES string of the molecule is CCC1CCC(C(=O)O)C(c2ccc(F)c(F)c2)C1. The van der Waals surface area contributed by atoms with Crippen molar-refractivity contribution in [3.05, 3.63) is 35.4 Å². The standard InChI is InChI=1S/C15H18F2O2/c1-2-9-3-5-11(15(18)19)12(7-9)10-4-6-13(16)14(17)8-10/h4,6,8-9,11-12H,2-3,5,7H2,1H3,(H,18,19). The predicted molar refractivity (Wildman–Crippen MR) is 67.9 cm³/mol. The van der Waals surface area contributed by atoms with Crippen molar-refractivity contribution in [2.45, 2.75) is 38.5 Å². The van der Waals surface area contributed by atoms with Crippen LogP contribution >= 0.6 is 0 Å². The van der Waals surface area contributed by atoms with E-state index in [1.807, 2.05) is 0 Å². The van der Waals surface area contributed by atoms with Crippen LogP contribution in [0, 0.1) is 23.5 Å². The van der Waals surface area contributed by atoms with Gasteiger partial charge in [-0.25, -0.2) is 8.78 Å². The molecule has 104 valence electrons. The Balaban J connectivity index is 2.30. The highest BCUT2D eigenvalue weighted by Gasteiger charge is 2.35. The number of aliphatic carboxylic acids is 1. The molecule has 0 amide bonds. The Hall–Kier alpha value is -1.45. The van der Waals surface area contributed by atoms with Gasteiger partial charge in [0.2, 0.25) is 0 Å². The van der Waals surface area contributed by atoms with Crippen LogP contribution in [0.5, 0.6) is 0 Å². The van der Waals surface area contributed by atoms with Gasteiger partial charge in [0.15, 0.2) is 11.6 Å². The lowest BCUT2D eigenvalue weighted by atomic mass is 9.70. The van der Waals surface area contributed by atoms with E-state index >= 15 is 0 Å². The van der Waals surface area contributed by atoms with E-state index in [0.717, 1.165) is 31.4 Å². The lowest BCUT2D eigenvalue weighted by Gasteiger charge is -2.34. The number of benzene rings is 1. The molecule has 1 aliphatic carbocycles. The molecule has 0 aliphatic heterocycles. The Morgan fingerprint density at radius 1 is 1.32 bits per heavy atom. The van der Waals surface area contributed by atoms with Gasteiger partial charge in [0.25, 0.3) is 0 Å². The van der Waals surface area contributed by atoms with E-state index in [4.69, 9.17) is 0 Å². The van der Waals surface area contributed by atoms with Crippen LogP contribution in [0.3, 0.4) is 0 Å². The van der Waals surface area contributed by atoms with Crippen molar-refractivity contribution in [3.8, 4) is 0 Å². The second-order valence-corrected chi connectivity index (χ2v) is 5.31. The second-order valence-electron chi connectivity index (χ2n) is 5.31. The Morgan fingerprint density at radius 2 is 2.05 bits per heavy atom. The fourth-order valence-electron chi connectivity index (χ4n) is 3.04. The number of hydrogen-bond donors (Lipinski definition) is 1. The van der Waals surface area contributed by atoms with E-state index in [9.17, 15) is 18.7 Å². The molecule has 19 heavy (non-hydrogen) atoms. The van der Waals surface area contributed by atoms with E-state index < -0.39 is 23.5 Å². The molecule has 0 bridgehead atoms. The van der Waals surface area contributed by atoms with Crippen LogP contribution in [0.25, 0.3) is 0 Å². The Kier molecular flexibility index (Phi) is 4.17. The minimum absolute atomic E-state index is 0.216. The van der Waals surface area contributed by atoms with Crippen LogP contribution in [0.4, 0.5) is 8.78 Å². The van der Waals surface area contributed by atoms with Crippen molar-refractivity contribution in [2.75, 3.05) is 0 Å². The van der Waals surface area contributed by atoms with Crippen LogP contribution in [0.1, 0.15) is 44.1 Å². The summed E-state index contributed by atoms with van der Waals surface area (Å²) in [4.78, 5) is 11.3. The summed E-state index contributed by atoms with van der Waals surface area (Å²) in [6.45, 7) is 2.08. The molecule has 2 nitrogen and oxygen atoms in total. The first kappa shape index (κ1) is 14.0. The molecule has 0 aromatic heterocycles. The molecule has 2 rings (SSSR count). The Labute approximate surface area is 111 Å². The van der Waals surface area contributed by atoms with Crippen LogP contribution < -0.4 is 0 Å². The fourth-order valence-corrected chi connectivity index (χ4v) is 3.04. The van der Waals surface area contributed by atoms with Crippen LogP contribution in [0.2, 0.25) is 0 Å². The van der Waals surface area contributed by atoms with Gasteiger partial charge in [-0.3, -0.25) is 4.79 Å². The first-order chi connectivity index (χ1) is 9.02. The number of carbonyl (C=O) groups is 1. The maximum atomic E-state index is 13.3. The number of halogens is 2. The summed E-state index contributed by atoms with van der Waals surface area (Å²) in [5.41, 5.74) is 0.601. The third kappa shape index (κ3) is 2.94. The maximum Gasteiger partial charge on any atom is 0.307 e. The molecule has 0 heterocycles. The second kappa shape index (κ2) is 5.68. The Morgan fingerprint density at radius 3 is 2.63 bits per heavy atom. The number of carboxylic acid groups (broad SMARTS) is 1. The summed E-state index contributed by atoms with van der Waals surface area (Å²) in [6.07, 6.45) is 3.23. The largest absolute Gasteiger partial charge is 0.481 e. The highest BCUT2D eigenvalue weighted by molar-refractivity contribution is 5.71. The minimum Gasteiger partial charge on any atom is -0.481 e. The van der Waals surface area contributed by atoms with E-state index in [2.05, 4.69) is 6.92 Å². The van der Waals surface area contributed by atoms with E-state index in [0.29, 0.717) is 17.9 Å². The first-order valence-electron chi connectivity index (χ1n) is 6.70. The molecule has 4 heteroatoms. The summed E-state index contributed by atoms with van der Waals surface area (Å²) in [5, 5.41) is 9.29. The summed E-state index contributed by atoms with van der Waals surface area (Å²) >= 11 is 0. The van der Waals surface area contributed by atoms with E-state index in [1.54, 1.807) is 0 Å². The number of rotatable bonds is 3. The summed E-state index contributed by atoms with van der Waals surface area (Å²) in [7, 11) is 0. The smallest absolute Gasteiger partial charge is 0.307 e. The van der Waals surface area contributed by atoms with Crippen molar-refractivity contribution in [3.63, 3.8) is 0 Å². The summed E-state index contributed by atoms with van der Waals surface area (Å²) in [5.74, 6) is -2.88. The van der Waals surface area contributed by atoms with Gasteiger partial charge < -0.3 is 5.11 Å². The number of carboxylic acids is 1. The Bertz CT molecular complexity index is 473. The average Bonchev–Trinajstić information content (AvgIpc) is 2.41. The molecule has 3 atom stereocenters. The molecule has 0 spiro atoms. The first-order valence-corrected chi connectivity index (χ1v) is 6.70. The highest BCUT2D eigenvalue weighted by Crippen LogP contribution is 2.42. The quantitative estimate of drug-likeness (QED) is 0.901. The van der Waals surface area contributed by atoms with Crippen molar-refractivity contribution in [2.24, 2.45) is 11.8 Å². The average molecular weight is 268 g/mol. The molecule has 1 fully saturated rings. The molecule has 1 saturated carbocycles. The van der Waals surface area contributed by atoms with Gasteiger partial charge in [0, 0.05) is 0 Å². The van der Waals surface area contributed by atoms with Crippen LogP contribution in [-0.2, 0) is 4.79 Å². The lowest BCUT2D eigenvalue weighted by Crippen LogP contribution is -2.29. The van der Waals surface area contributed by atoms with Gasteiger partial charge in [-0.05, 0) is 48.8 Å². The van der Waals surface area contributed by atoms with E-state index in [1.165, 1.54) is 6.07 Å². The molecular formula is C15H18F2O2. The van der Waals surface area contributed by atoms with Crippen LogP contribution in [0.15, 0.2) is 18.2 Å². The van der Waals surface area contributed by atoms with Gasteiger partial charge in [-0.1, -0.05) is 19.4 Å². The van der Waals surface area contributed by atoms with Crippen molar-refractivity contribution in [1.82, 2.24) is 0 Å². The van der Waals surface area contributed by atoms with Gasteiger partial charge in [-0.2, -0.15) is 0 Å². The van der Waals surface area contributed by atoms with Gasteiger partial charge in [0.05, 0.1) is 5.92 Å². The molecule has 3 unspecified atom stereocenters. The zero-order chi connectivity index (χ0) is 14.0. The molecule has 1 aromatic carbocycles. The third-order valence-corrected chi connectivity index (χ3v) is 4.23. The van der Waals surface area contributed by atoms with Gasteiger partial charge in [0.1, 0.15) is 0 Å². The van der Waals surface area contributed by atoms with Crippen molar-refractivity contribution >= 4 is 5.97 Å². The molecule has 1 aromatic rings. The topological polar surface area (TPSA) is 37.3 Å². The zero-order valence-electron chi connectivity index (χ0n) is 10.9. The van der Waals surface area contributed by atoms with Crippen molar-refractivity contribution in [1.29, 1.82) is 0 Å². The monoisotopic (exact) mass is 268 g/mol. The van der Waals surface area contributed by atoms with E-state index in [-0.39, 0.29) is 5.92 Å². The molecule has 1 N–H and O–H groups in total. The molecule has 0 saturated heterocycles. The minimum atomic E-state index is -0.903. The predicted octanol–water partition coefficient (Wildman–Crippen LogP) is 3.96. The molecule has 1 aliphatic rings. The van der Waals surface area contributed by atoms with Gasteiger partial charge >= 0.3 is 5.97 Å². The number of hydrogen-bond acceptors (Lipinski definition) is 1. The highest BCUT2D eigenvalue weighted by atomic mass is 19.2. The normalized spacial score (nSPS) is 27.2. The summed E-state index contributed by atoms with van der Waals surface area (Å²) < 4.78 is 26.3. The van der Waals surface area contributed by atoms with Crippen molar-refractivity contribution < 1.29 is 18.7 Å². The third-order valence-electron chi connectivity index (χ3n) is 4.23. The zero-order valence-corrected chi connectivity index (χ0v) is 10.9. The maximum absolute atomic E-state index is 13.3. The summed E-state index contributed by atoms with van der Waals surface area (Å²) in [6, 6.07) is 3.74.